The molecular weight excluding hydrogens is 386 g/mol. The van der Waals surface area contributed by atoms with Gasteiger partial charge >= 0.3 is 0 Å². The molecule has 3 rings (SSSR count). The Bertz CT molecular complexity index is 905. The number of thioether (sulfide) groups is 1. The first-order valence-corrected chi connectivity index (χ1v) is 10.5. The third-order valence-electron chi connectivity index (χ3n) is 4.41. The number of anilines is 1. The minimum atomic E-state index is -0.495. The Morgan fingerprint density at radius 1 is 1.17 bits per heavy atom. The van der Waals surface area contributed by atoms with Gasteiger partial charge in [-0.2, -0.15) is 0 Å². The Morgan fingerprint density at radius 2 is 1.86 bits per heavy atom. The molecule has 1 aliphatic rings. The number of amidine groups is 1. The predicted molar refractivity (Wildman–Crippen MR) is 118 cm³/mol. The van der Waals surface area contributed by atoms with Gasteiger partial charge in [0.05, 0.1) is 12.3 Å². The van der Waals surface area contributed by atoms with Gasteiger partial charge in [0.2, 0.25) is 11.8 Å². The highest BCUT2D eigenvalue weighted by Crippen LogP contribution is 2.29. The second-order valence-corrected chi connectivity index (χ2v) is 8.07. The Kier molecular flexibility index (Phi) is 6.93. The number of carbonyl (C=O) groups is 2. The first-order valence-electron chi connectivity index (χ1n) is 9.61. The lowest BCUT2D eigenvalue weighted by molar-refractivity contribution is -0.122. The summed E-state index contributed by atoms with van der Waals surface area (Å²) in [6.07, 6.45) is 1.02. The molecule has 2 amide bonds. The molecule has 0 saturated carbocycles. The first kappa shape index (κ1) is 20.9. The van der Waals surface area contributed by atoms with E-state index in [2.05, 4.69) is 15.6 Å². The number of aliphatic imine (C=N–C) groups is 1. The van der Waals surface area contributed by atoms with Crippen LogP contribution >= 0.6 is 11.8 Å². The van der Waals surface area contributed by atoms with E-state index >= 15 is 0 Å². The summed E-state index contributed by atoms with van der Waals surface area (Å²) in [4.78, 5) is 29.2. The number of amides is 2. The topological polar surface area (TPSA) is 79.8 Å². The van der Waals surface area contributed by atoms with Crippen LogP contribution in [0.1, 0.15) is 30.9 Å². The van der Waals surface area contributed by atoms with Crippen LogP contribution in [0.3, 0.4) is 0 Å². The molecule has 6 nitrogen and oxygen atoms in total. The second kappa shape index (κ2) is 9.60. The summed E-state index contributed by atoms with van der Waals surface area (Å²) in [5.74, 6) is 0.356. The number of rotatable bonds is 7. The largest absolute Gasteiger partial charge is 0.494 e. The van der Waals surface area contributed by atoms with Gasteiger partial charge < -0.3 is 15.4 Å². The second-order valence-electron chi connectivity index (χ2n) is 6.88. The molecule has 7 heteroatoms. The number of nitrogens with one attached hydrogen (secondary N) is 2. The number of carbonyl (C=O) groups excluding carboxylic acids is 2. The van der Waals surface area contributed by atoms with Crippen molar-refractivity contribution in [1.82, 2.24) is 5.32 Å². The number of hydrogen-bond acceptors (Lipinski definition) is 5. The van der Waals surface area contributed by atoms with Gasteiger partial charge in [-0.25, -0.2) is 4.99 Å². The number of para-hydroxylation sites is 1. The van der Waals surface area contributed by atoms with E-state index in [9.17, 15) is 9.59 Å². The summed E-state index contributed by atoms with van der Waals surface area (Å²) in [6, 6.07) is 13.2. The lowest BCUT2D eigenvalue weighted by Crippen LogP contribution is -2.28. The zero-order valence-electron chi connectivity index (χ0n) is 16.8. The quantitative estimate of drug-likeness (QED) is 0.710. The average Bonchev–Trinajstić information content (AvgIpc) is 3.03. The highest BCUT2D eigenvalue weighted by molar-refractivity contribution is 8.15. The van der Waals surface area contributed by atoms with E-state index in [4.69, 9.17) is 4.74 Å². The number of nitrogens with zero attached hydrogens (tertiary/aromatic N) is 1. The molecule has 2 N–H and O–H groups in total. The molecule has 1 heterocycles. The van der Waals surface area contributed by atoms with Crippen LogP contribution in [-0.4, -0.2) is 28.8 Å². The fourth-order valence-electron chi connectivity index (χ4n) is 2.91. The van der Waals surface area contributed by atoms with Crippen molar-refractivity contribution in [2.75, 3.05) is 11.9 Å². The fraction of sp³-hybridized carbons (Fsp3) is 0.318. The van der Waals surface area contributed by atoms with E-state index in [-0.39, 0.29) is 18.2 Å². The molecule has 29 heavy (non-hydrogen) atoms. The van der Waals surface area contributed by atoms with Gasteiger partial charge in [-0.1, -0.05) is 36.9 Å². The van der Waals surface area contributed by atoms with Gasteiger partial charge in [-0.05, 0) is 55.7 Å². The van der Waals surface area contributed by atoms with Gasteiger partial charge in [0, 0.05) is 12.1 Å². The van der Waals surface area contributed by atoms with Crippen LogP contribution in [0.4, 0.5) is 11.4 Å². The minimum Gasteiger partial charge on any atom is -0.494 e. The molecule has 0 spiro atoms. The first-order chi connectivity index (χ1) is 14.0. The molecule has 2 aromatic carbocycles. The molecule has 0 radical (unpaired) electrons. The summed E-state index contributed by atoms with van der Waals surface area (Å²) in [6.45, 7) is 6.67. The van der Waals surface area contributed by atoms with E-state index in [1.54, 1.807) is 12.1 Å². The number of benzene rings is 2. The molecule has 1 aliphatic heterocycles. The summed E-state index contributed by atoms with van der Waals surface area (Å²) in [7, 11) is 0. The van der Waals surface area contributed by atoms with Crippen molar-refractivity contribution in [1.29, 1.82) is 0 Å². The smallest absolute Gasteiger partial charge is 0.240 e. The molecule has 1 atom stereocenters. The molecule has 2 aromatic rings. The van der Waals surface area contributed by atoms with Crippen molar-refractivity contribution in [3.8, 4) is 5.75 Å². The molecule has 0 aliphatic carbocycles. The van der Waals surface area contributed by atoms with Crippen LogP contribution in [-0.2, 0) is 9.59 Å². The summed E-state index contributed by atoms with van der Waals surface area (Å²) < 4.78 is 5.53. The Labute approximate surface area is 175 Å². The predicted octanol–water partition coefficient (Wildman–Crippen LogP) is 4.34. The van der Waals surface area contributed by atoms with Gasteiger partial charge in [-0.15, -0.1) is 0 Å². The van der Waals surface area contributed by atoms with Crippen molar-refractivity contribution in [2.24, 2.45) is 4.99 Å². The summed E-state index contributed by atoms with van der Waals surface area (Å²) >= 11 is 1.29. The molecule has 0 aromatic heterocycles. The zero-order valence-corrected chi connectivity index (χ0v) is 17.6. The monoisotopic (exact) mass is 411 g/mol. The van der Waals surface area contributed by atoms with Crippen molar-refractivity contribution in [3.63, 3.8) is 0 Å². The average molecular weight is 412 g/mol. The Hall–Kier alpha value is -2.80. The standard InChI is InChI=1S/C22H25N3O3S/c1-4-12-28-17-10-8-16(9-11-17)23-19(26)13-18-21(27)25-22(29-18)24-20-14(2)6-5-7-15(20)3/h5-11,18H,4,12-13H2,1-3H3,(H,23,26)(H,24,25,27)/t18-/m1/s1. The Morgan fingerprint density at radius 3 is 2.52 bits per heavy atom. The van der Waals surface area contributed by atoms with Crippen molar-refractivity contribution < 1.29 is 14.3 Å². The van der Waals surface area contributed by atoms with E-state index in [0.29, 0.717) is 17.5 Å². The van der Waals surface area contributed by atoms with E-state index in [1.165, 1.54) is 11.8 Å². The van der Waals surface area contributed by atoms with Crippen LogP contribution in [0.2, 0.25) is 0 Å². The van der Waals surface area contributed by atoms with Crippen molar-refractivity contribution in [2.45, 2.75) is 38.9 Å². The van der Waals surface area contributed by atoms with Gasteiger partial charge in [0.25, 0.3) is 0 Å². The highest BCUT2D eigenvalue weighted by atomic mass is 32.2. The van der Waals surface area contributed by atoms with Crippen LogP contribution in [0.25, 0.3) is 0 Å². The highest BCUT2D eigenvalue weighted by Gasteiger charge is 2.32. The lowest BCUT2D eigenvalue weighted by atomic mass is 10.1. The van der Waals surface area contributed by atoms with Gasteiger partial charge in [-0.3, -0.25) is 9.59 Å². The molecule has 152 valence electrons. The molecule has 0 bridgehead atoms. The van der Waals surface area contributed by atoms with Crippen LogP contribution < -0.4 is 15.4 Å². The molecular formula is C22H25N3O3S. The number of ether oxygens (including phenoxy) is 1. The van der Waals surface area contributed by atoms with E-state index in [0.717, 1.165) is 29.0 Å². The number of aryl methyl sites for hydroxylation is 2. The normalized spacial score (nSPS) is 17.3. The van der Waals surface area contributed by atoms with Crippen LogP contribution in [0.15, 0.2) is 47.5 Å². The van der Waals surface area contributed by atoms with Crippen molar-refractivity contribution in [3.05, 3.63) is 53.6 Å². The van der Waals surface area contributed by atoms with Crippen LogP contribution in [0.5, 0.6) is 5.75 Å². The fourth-order valence-corrected chi connectivity index (χ4v) is 3.88. The maximum absolute atomic E-state index is 12.4. The summed E-state index contributed by atoms with van der Waals surface area (Å²) in [5, 5.41) is 5.64. The third kappa shape index (κ3) is 5.60. The maximum atomic E-state index is 12.4. The molecule has 1 saturated heterocycles. The summed E-state index contributed by atoms with van der Waals surface area (Å²) in [5.41, 5.74) is 3.61. The minimum absolute atomic E-state index is 0.0797. The SMILES string of the molecule is CCCOc1ccc(NC(=O)C[C@H]2SC(=Nc3c(C)cccc3C)NC2=O)cc1. The van der Waals surface area contributed by atoms with Gasteiger partial charge in [0.15, 0.2) is 5.17 Å². The zero-order chi connectivity index (χ0) is 20.8. The van der Waals surface area contributed by atoms with E-state index < -0.39 is 5.25 Å². The Balaban J connectivity index is 1.58. The third-order valence-corrected chi connectivity index (χ3v) is 5.49. The van der Waals surface area contributed by atoms with Crippen LogP contribution in [0, 0.1) is 13.8 Å². The maximum Gasteiger partial charge on any atom is 0.240 e. The molecule has 1 fully saturated rings. The molecule has 0 unspecified atom stereocenters. The van der Waals surface area contributed by atoms with Crippen molar-refractivity contribution >= 4 is 40.1 Å². The van der Waals surface area contributed by atoms with Gasteiger partial charge in [0.1, 0.15) is 11.0 Å². The van der Waals surface area contributed by atoms with E-state index in [1.807, 2.05) is 51.1 Å². The lowest BCUT2D eigenvalue weighted by Gasteiger charge is -2.09. The number of hydrogen-bond donors (Lipinski definition) is 2.